The van der Waals surface area contributed by atoms with Crippen LogP contribution >= 0.6 is 0 Å². The van der Waals surface area contributed by atoms with Crippen molar-refractivity contribution in [2.45, 2.75) is 45.4 Å². The van der Waals surface area contributed by atoms with Crippen LogP contribution in [-0.2, 0) is 6.42 Å². The summed E-state index contributed by atoms with van der Waals surface area (Å²) in [7, 11) is 0. The maximum absolute atomic E-state index is 8.68. The number of aliphatic hydroxyl groups excluding tert-OH is 1. The first-order valence-corrected chi connectivity index (χ1v) is 5.93. The third-order valence-corrected chi connectivity index (χ3v) is 2.74. The van der Waals surface area contributed by atoms with Crippen LogP contribution in [0.5, 0.6) is 0 Å². The van der Waals surface area contributed by atoms with Crippen molar-refractivity contribution >= 4 is 0 Å². The third kappa shape index (κ3) is 4.48. The normalized spacial score (nSPS) is 10.9. The van der Waals surface area contributed by atoms with Crippen molar-refractivity contribution in [2.24, 2.45) is 0 Å². The lowest BCUT2D eigenvalue weighted by atomic mass is 9.98. The highest BCUT2D eigenvalue weighted by atomic mass is 16.2. The second kappa shape index (κ2) is 6.62. The molecule has 0 fully saturated rings. The van der Waals surface area contributed by atoms with Crippen molar-refractivity contribution in [3.63, 3.8) is 0 Å². The van der Waals surface area contributed by atoms with Crippen molar-refractivity contribution in [2.75, 3.05) is 6.61 Å². The Morgan fingerprint density at radius 1 is 1.13 bits per heavy atom. The number of aliphatic hydroxyl groups is 1. The highest BCUT2D eigenvalue weighted by Gasteiger charge is 2.00. The zero-order chi connectivity index (χ0) is 11.1. The lowest BCUT2D eigenvalue weighted by Gasteiger charge is -2.07. The molecule has 1 heteroatoms. The molecule has 0 atom stereocenters. The van der Waals surface area contributed by atoms with Crippen molar-refractivity contribution in [1.82, 2.24) is 0 Å². The summed E-state index contributed by atoms with van der Waals surface area (Å²) < 4.78 is 0. The third-order valence-electron chi connectivity index (χ3n) is 2.74. The van der Waals surface area contributed by atoms with E-state index >= 15 is 0 Å². The van der Waals surface area contributed by atoms with E-state index in [4.69, 9.17) is 5.11 Å². The molecule has 0 bridgehead atoms. The van der Waals surface area contributed by atoms with Crippen LogP contribution in [0.15, 0.2) is 24.3 Å². The van der Waals surface area contributed by atoms with Gasteiger partial charge in [0.1, 0.15) is 0 Å². The lowest BCUT2D eigenvalue weighted by Crippen LogP contribution is -1.92. The zero-order valence-electron chi connectivity index (χ0n) is 9.87. The van der Waals surface area contributed by atoms with E-state index in [-0.39, 0.29) is 0 Å². The molecule has 0 amide bonds. The summed E-state index contributed by atoms with van der Waals surface area (Å²) >= 11 is 0. The predicted octanol–water partition coefficient (Wildman–Crippen LogP) is 3.52. The van der Waals surface area contributed by atoms with Crippen molar-refractivity contribution in [3.8, 4) is 0 Å². The lowest BCUT2D eigenvalue weighted by molar-refractivity contribution is 0.283. The summed E-state index contributed by atoms with van der Waals surface area (Å²) in [5.74, 6) is 0.613. The molecule has 0 aliphatic rings. The summed E-state index contributed by atoms with van der Waals surface area (Å²) in [5.41, 5.74) is 2.86. The summed E-state index contributed by atoms with van der Waals surface area (Å²) in [5, 5.41) is 8.68. The molecule has 0 aromatic heterocycles. The van der Waals surface area contributed by atoms with E-state index in [1.807, 2.05) is 0 Å². The molecule has 1 aromatic carbocycles. The summed E-state index contributed by atoms with van der Waals surface area (Å²) in [6.07, 6.45) is 4.38. The molecule has 15 heavy (non-hydrogen) atoms. The van der Waals surface area contributed by atoms with Crippen molar-refractivity contribution in [1.29, 1.82) is 0 Å². The fourth-order valence-electron chi connectivity index (χ4n) is 1.73. The molecule has 1 nitrogen and oxygen atoms in total. The average molecular weight is 206 g/mol. The first kappa shape index (κ1) is 12.3. The molecule has 0 radical (unpaired) electrons. The van der Waals surface area contributed by atoms with Gasteiger partial charge in [-0.3, -0.25) is 0 Å². The Bertz CT molecular complexity index is 278. The summed E-state index contributed by atoms with van der Waals surface area (Å²) in [4.78, 5) is 0. The predicted molar refractivity (Wildman–Crippen MR) is 65.2 cm³/mol. The van der Waals surface area contributed by atoms with E-state index in [2.05, 4.69) is 38.1 Å². The minimum absolute atomic E-state index is 0.325. The first-order chi connectivity index (χ1) is 7.24. The molecule has 0 saturated carbocycles. The average Bonchev–Trinajstić information content (AvgIpc) is 2.25. The van der Waals surface area contributed by atoms with Gasteiger partial charge in [0.25, 0.3) is 0 Å². The van der Waals surface area contributed by atoms with Crippen LogP contribution in [0.1, 0.15) is 50.2 Å². The van der Waals surface area contributed by atoms with Gasteiger partial charge in [-0.05, 0) is 36.3 Å². The standard InChI is InChI=1S/C14H22O/c1-12(2)14-9-6-8-13(11-14)7-4-3-5-10-15/h6,8-9,11-12,15H,3-5,7,10H2,1-2H3. The van der Waals surface area contributed by atoms with Crippen LogP contribution in [0, 0.1) is 0 Å². The molecule has 0 saturated heterocycles. The molecule has 0 spiro atoms. The van der Waals surface area contributed by atoms with Crippen molar-refractivity contribution < 1.29 is 5.11 Å². The van der Waals surface area contributed by atoms with Crippen LogP contribution in [0.25, 0.3) is 0 Å². The van der Waals surface area contributed by atoms with Gasteiger partial charge in [0, 0.05) is 6.61 Å². The molecule has 0 heterocycles. The first-order valence-electron chi connectivity index (χ1n) is 5.93. The monoisotopic (exact) mass is 206 g/mol. The number of hydrogen-bond donors (Lipinski definition) is 1. The Labute approximate surface area is 93.1 Å². The highest BCUT2D eigenvalue weighted by molar-refractivity contribution is 5.25. The second-order valence-electron chi connectivity index (χ2n) is 4.43. The van der Waals surface area contributed by atoms with E-state index in [1.165, 1.54) is 17.5 Å². The smallest absolute Gasteiger partial charge is 0.0431 e. The fraction of sp³-hybridized carbons (Fsp3) is 0.571. The Hall–Kier alpha value is -0.820. The molecular formula is C14H22O. The van der Waals surface area contributed by atoms with Gasteiger partial charge in [-0.15, -0.1) is 0 Å². The Balaban J connectivity index is 2.43. The molecule has 1 aromatic rings. The van der Waals surface area contributed by atoms with Crippen LogP contribution in [-0.4, -0.2) is 11.7 Å². The Morgan fingerprint density at radius 2 is 1.93 bits per heavy atom. The number of rotatable bonds is 6. The molecule has 0 aliphatic heterocycles. The highest BCUT2D eigenvalue weighted by Crippen LogP contribution is 2.16. The minimum Gasteiger partial charge on any atom is -0.396 e. The fourth-order valence-corrected chi connectivity index (χ4v) is 1.73. The molecular weight excluding hydrogens is 184 g/mol. The van der Waals surface area contributed by atoms with Gasteiger partial charge >= 0.3 is 0 Å². The van der Waals surface area contributed by atoms with Gasteiger partial charge in [0.15, 0.2) is 0 Å². The number of unbranched alkanes of at least 4 members (excludes halogenated alkanes) is 2. The largest absolute Gasteiger partial charge is 0.396 e. The molecule has 1 N–H and O–H groups in total. The summed E-state index contributed by atoms with van der Waals surface area (Å²) in [6.45, 7) is 4.78. The Morgan fingerprint density at radius 3 is 2.60 bits per heavy atom. The maximum atomic E-state index is 8.68. The molecule has 0 unspecified atom stereocenters. The molecule has 0 aliphatic carbocycles. The quantitative estimate of drug-likeness (QED) is 0.706. The SMILES string of the molecule is CC(C)c1cccc(CCCCCO)c1. The Kier molecular flexibility index (Phi) is 5.41. The summed E-state index contributed by atoms with van der Waals surface area (Å²) in [6, 6.07) is 8.85. The topological polar surface area (TPSA) is 20.2 Å². The van der Waals surface area contributed by atoms with E-state index in [0.29, 0.717) is 12.5 Å². The maximum Gasteiger partial charge on any atom is 0.0431 e. The van der Waals surface area contributed by atoms with Gasteiger partial charge in [-0.25, -0.2) is 0 Å². The van der Waals surface area contributed by atoms with E-state index in [9.17, 15) is 0 Å². The molecule has 1 rings (SSSR count). The van der Waals surface area contributed by atoms with E-state index in [0.717, 1.165) is 19.3 Å². The number of benzene rings is 1. The van der Waals surface area contributed by atoms with Crippen LogP contribution in [0.4, 0.5) is 0 Å². The molecule has 84 valence electrons. The van der Waals surface area contributed by atoms with E-state index in [1.54, 1.807) is 0 Å². The van der Waals surface area contributed by atoms with Gasteiger partial charge in [0.05, 0.1) is 0 Å². The van der Waals surface area contributed by atoms with Gasteiger partial charge in [-0.2, -0.15) is 0 Å². The zero-order valence-corrected chi connectivity index (χ0v) is 9.87. The van der Waals surface area contributed by atoms with Crippen molar-refractivity contribution in [3.05, 3.63) is 35.4 Å². The van der Waals surface area contributed by atoms with Gasteiger partial charge in [0.2, 0.25) is 0 Å². The van der Waals surface area contributed by atoms with Crippen LogP contribution in [0.2, 0.25) is 0 Å². The van der Waals surface area contributed by atoms with Crippen LogP contribution in [0.3, 0.4) is 0 Å². The van der Waals surface area contributed by atoms with Gasteiger partial charge < -0.3 is 5.11 Å². The number of hydrogen-bond acceptors (Lipinski definition) is 1. The van der Waals surface area contributed by atoms with Gasteiger partial charge in [-0.1, -0.05) is 44.5 Å². The second-order valence-corrected chi connectivity index (χ2v) is 4.43. The van der Waals surface area contributed by atoms with E-state index < -0.39 is 0 Å². The van der Waals surface area contributed by atoms with Crippen LogP contribution < -0.4 is 0 Å². The minimum atomic E-state index is 0.325. The number of aryl methyl sites for hydroxylation is 1.